The molecule has 1 saturated heterocycles. The molecule has 0 spiro atoms. The van der Waals surface area contributed by atoms with Crippen LogP contribution in [0.1, 0.15) is 12.8 Å². The Morgan fingerprint density at radius 2 is 2.50 bits per heavy atom. The van der Waals surface area contributed by atoms with Gasteiger partial charge in [0, 0.05) is 12.8 Å². The quantitative estimate of drug-likeness (QED) is 0.280. The number of likely N-dealkylation sites (N-methyl/N-ethyl adjacent to an activating group) is 1. The number of nitrogens with zero attached hydrogens (tertiary/aromatic N) is 1. The molecule has 1 aliphatic heterocycles. The molecule has 0 saturated carbocycles. The molecule has 1 heterocycles. The predicted molar refractivity (Wildman–Crippen MR) is 48.1 cm³/mol. The third-order valence-corrected chi connectivity index (χ3v) is 3.78. The van der Waals surface area contributed by atoms with E-state index in [0.717, 1.165) is 11.0 Å². The predicted octanol–water partition coefficient (Wildman–Crippen LogP) is 2.13. The summed E-state index contributed by atoms with van der Waals surface area (Å²) in [5.41, 5.74) is 0. The summed E-state index contributed by atoms with van der Waals surface area (Å²) in [4.78, 5) is 0.658. The van der Waals surface area contributed by atoms with Crippen LogP contribution in [0, 0.1) is 0 Å². The van der Waals surface area contributed by atoms with Crippen LogP contribution in [0.4, 0.5) is 0 Å². The van der Waals surface area contributed by atoms with Gasteiger partial charge >= 0.3 is 0 Å². The summed E-state index contributed by atoms with van der Waals surface area (Å²) in [5, 5.41) is 0. The molecule has 1 nitrogen and oxygen atoms in total. The average Bonchev–Trinajstić information content (AvgIpc) is 2.15. The lowest BCUT2D eigenvalue weighted by Crippen LogP contribution is -2.45. The summed E-state index contributed by atoms with van der Waals surface area (Å²) < 4.78 is 1.13. The fourth-order valence-electron chi connectivity index (χ4n) is 1.57. The standard InChI is InChI=1S/C8H15BrN/c1-3-6-10(2)7-4-5-8(10)9/h3,8H,1,4-7H2,2H3/q+1. The molecular weight excluding hydrogens is 190 g/mol. The van der Waals surface area contributed by atoms with E-state index in [0.29, 0.717) is 4.95 Å². The first-order chi connectivity index (χ1) is 4.69. The zero-order valence-corrected chi connectivity index (χ0v) is 8.10. The van der Waals surface area contributed by atoms with Crippen LogP contribution < -0.4 is 0 Å². The molecule has 58 valence electrons. The van der Waals surface area contributed by atoms with Crippen molar-refractivity contribution in [1.29, 1.82) is 0 Å². The summed E-state index contributed by atoms with van der Waals surface area (Å²) in [6.45, 7) is 6.15. The van der Waals surface area contributed by atoms with E-state index < -0.39 is 0 Å². The second kappa shape index (κ2) is 3.05. The van der Waals surface area contributed by atoms with Crippen LogP contribution in [0.3, 0.4) is 0 Å². The Kier molecular flexibility index (Phi) is 2.53. The molecule has 2 heteroatoms. The third kappa shape index (κ3) is 1.43. The van der Waals surface area contributed by atoms with Gasteiger partial charge in [0.1, 0.15) is 4.95 Å². The molecule has 0 N–H and O–H groups in total. The van der Waals surface area contributed by atoms with E-state index in [1.807, 2.05) is 6.08 Å². The van der Waals surface area contributed by atoms with Gasteiger partial charge < -0.3 is 4.48 Å². The van der Waals surface area contributed by atoms with Crippen molar-refractivity contribution in [3.8, 4) is 0 Å². The molecular formula is C8H15BrN+. The normalized spacial score (nSPS) is 40.0. The molecule has 0 aromatic heterocycles. The molecule has 0 aromatic carbocycles. The highest BCUT2D eigenvalue weighted by Gasteiger charge is 2.34. The lowest BCUT2D eigenvalue weighted by Gasteiger charge is -2.31. The van der Waals surface area contributed by atoms with Gasteiger partial charge in [0.15, 0.2) is 0 Å². The van der Waals surface area contributed by atoms with Crippen molar-refractivity contribution in [2.75, 3.05) is 20.1 Å². The number of quaternary nitrogens is 1. The van der Waals surface area contributed by atoms with E-state index in [4.69, 9.17) is 0 Å². The van der Waals surface area contributed by atoms with Gasteiger partial charge in [0.2, 0.25) is 0 Å². The first-order valence-electron chi connectivity index (χ1n) is 3.78. The number of hydrogen-bond acceptors (Lipinski definition) is 0. The van der Waals surface area contributed by atoms with Gasteiger partial charge in [-0.3, -0.25) is 0 Å². The topological polar surface area (TPSA) is 0 Å². The van der Waals surface area contributed by atoms with Gasteiger partial charge in [0.05, 0.1) is 20.1 Å². The van der Waals surface area contributed by atoms with Crippen molar-refractivity contribution in [1.82, 2.24) is 0 Å². The zero-order valence-electron chi connectivity index (χ0n) is 6.52. The van der Waals surface area contributed by atoms with Crippen LogP contribution in [-0.4, -0.2) is 29.6 Å². The molecule has 2 atom stereocenters. The van der Waals surface area contributed by atoms with Crippen LogP contribution in [-0.2, 0) is 0 Å². The second-order valence-electron chi connectivity index (χ2n) is 3.25. The van der Waals surface area contributed by atoms with E-state index in [1.165, 1.54) is 19.4 Å². The number of likely N-dealkylation sites (tertiary alicyclic amines) is 1. The van der Waals surface area contributed by atoms with Crippen molar-refractivity contribution in [2.45, 2.75) is 17.8 Å². The van der Waals surface area contributed by atoms with Crippen molar-refractivity contribution in [3.05, 3.63) is 12.7 Å². The fraction of sp³-hybridized carbons (Fsp3) is 0.750. The van der Waals surface area contributed by atoms with E-state index in [2.05, 4.69) is 29.6 Å². The number of halogens is 1. The van der Waals surface area contributed by atoms with Crippen molar-refractivity contribution >= 4 is 15.9 Å². The van der Waals surface area contributed by atoms with E-state index in [9.17, 15) is 0 Å². The highest BCUT2D eigenvalue weighted by molar-refractivity contribution is 9.09. The molecule has 1 rings (SSSR count). The number of rotatable bonds is 2. The lowest BCUT2D eigenvalue weighted by atomic mass is 10.4. The SMILES string of the molecule is C=CC[N+]1(C)CCCC1Br. The summed E-state index contributed by atoms with van der Waals surface area (Å²) in [6.07, 6.45) is 4.67. The monoisotopic (exact) mass is 204 g/mol. The van der Waals surface area contributed by atoms with Crippen LogP contribution >= 0.6 is 15.9 Å². The average molecular weight is 205 g/mol. The van der Waals surface area contributed by atoms with Crippen LogP contribution in [0.15, 0.2) is 12.7 Å². The lowest BCUT2D eigenvalue weighted by molar-refractivity contribution is -0.900. The molecule has 1 fully saturated rings. The molecule has 0 bridgehead atoms. The van der Waals surface area contributed by atoms with Gasteiger partial charge in [-0.1, -0.05) is 6.58 Å². The van der Waals surface area contributed by atoms with Gasteiger partial charge in [-0.2, -0.15) is 0 Å². The van der Waals surface area contributed by atoms with Crippen LogP contribution in [0.25, 0.3) is 0 Å². The molecule has 0 aromatic rings. The Hall–Kier alpha value is 0.180. The van der Waals surface area contributed by atoms with E-state index in [-0.39, 0.29) is 0 Å². The molecule has 2 unspecified atom stereocenters. The van der Waals surface area contributed by atoms with Gasteiger partial charge in [-0.05, 0) is 22.0 Å². The Labute approximate surface area is 71.4 Å². The Bertz CT molecular complexity index is 135. The first-order valence-corrected chi connectivity index (χ1v) is 4.70. The highest BCUT2D eigenvalue weighted by atomic mass is 79.9. The summed E-state index contributed by atoms with van der Waals surface area (Å²) in [6, 6.07) is 0. The zero-order chi connectivity index (χ0) is 7.61. The smallest absolute Gasteiger partial charge is 0.144 e. The maximum atomic E-state index is 3.77. The molecule has 0 radical (unpaired) electrons. The number of hydrogen-bond donors (Lipinski definition) is 0. The maximum absolute atomic E-state index is 3.77. The Balaban J connectivity index is 2.56. The molecule has 1 aliphatic rings. The minimum atomic E-state index is 0.658. The Morgan fingerprint density at radius 3 is 2.90 bits per heavy atom. The minimum absolute atomic E-state index is 0.658. The Morgan fingerprint density at radius 1 is 1.80 bits per heavy atom. The van der Waals surface area contributed by atoms with Crippen molar-refractivity contribution in [2.24, 2.45) is 0 Å². The van der Waals surface area contributed by atoms with Crippen LogP contribution in [0.2, 0.25) is 0 Å². The summed E-state index contributed by atoms with van der Waals surface area (Å²) in [5.74, 6) is 0. The van der Waals surface area contributed by atoms with Crippen LogP contribution in [0.5, 0.6) is 0 Å². The highest BCUT2D eigenvalue weighted by Crippen LogP contribution is 2.28. The van der Waals surface area contributed by atoms with Crippen molar-refractivity contribution in [3.63, 3.8) is 0 Å². The minimum Gasteiger partial charge on any atom is -0.312 e. The van der Waals surface area contributed by atoms with Crippen molar-refractivity contribution < 1.29 is 4.48 Å². The number of alkyl halides is 1. The first kappa shape index (κ1) is 8.28. The van der Waals surface area contributed by atoms with E-state index >= 15 is 0 Å². The third-order valence-electron chi connectivity index (χ3n) is 2.33. The maximum Gasteiger partial charge on any atom is 0.144 e. The summed E-state index contributed by atoms with van der Waals surface area (Å²) in [7, 11) is 2.29. The molecule has 0 amide bonds. The van der Waals surface area contributed by atoms with Gasteiger partial charge in [-0.25, -0.2) is 0 Å². The fourth-order valence-corrected chi connectivity index (χ4v) is 2.27. The largest absolute Gasteiger partial charge is 0.312 e. The molecule has 10 heavy (non-hydrogen) atoms. The van der Waals surface area contributed by atoms with E-state index in [1.54, 1.807) is 0 Å². The van der Waals surface area contributed by atoms with Gasteiger partial charge in [-0.15, -0.1) is 0 Å². The second-order valence-corrected chi connectivity index (χ2v) is 4.31. The van der Waals surface area contributed by atoms with Gasteiger partial charge in [0.25, 0.3) is 0 Å². The summed E-state index contributed by atoms with van der Waals surface area (Å²) >= 11 is 3.69. The molecule has 0 aliphatic carbocycles.